The average molecular weight is 303 g/mol. The number of benzene rings is 1. The van der Waals surface area contributed by atoms with Gasteiger partial charge in [0.15, 0.2) is 0 Å². The molecule has 116 valence electrons. The maximum Gasteiger partial charge on any atom is 0.349 e. The van der Waals surface area contributed by atoms with Gasteiger partial charge in [0.1, 0.15) is 0 Å². The first-order valence-electron chi connectivity index (χ1n) is 6.67. The largest absolute Gasteiger partial charge is 0.466 e. The Morgan fingerprint density at radius 2 is 1.86 bits per heavy atom. The van der Waals surface area contributed by atoms with Gasteiger partial charge in [0.2, 0.25) is 6.10 Å². The summed E-state index contributed by atoms with van der Waals surface area (Å²) in [7, 11) is 2.64. The lowest BCUT2D eigenvalue weighted by atomic mass is 10.2. The third-order valence-electron chi connectivity index (χ3n) is 3.02. The summed E-state index contributed by atoms with van der Waals surface area (Å²) in [6, 6.07) is 10.7. The topological polar surface area (TPSA) is 66.8 Å². The van der Waals surface area contributed by atoms with E-state index in [4.69, 9.17) is 9.47 Å². The van der Waals surface area contributed by atoms with Crippen molar-refractivity contribution in [1.82, 2.24) is 4.57 Å². The Morgan fingerprint density at radius 1 is 1.14 bits per heavy atom. The van der Waals surface area contributed by atoms with Gasteiger partial charge in [0.25, 0.3) is 0 Å². The minimum atomic E-state index is -1.09. The van der Waals surface area contributed by atoms with Crippen molar-refractivity contribution >= 4 is 11.9 Å². The molecule has 1 heterocycles. The number of methoxy groups -OCH3 is 2. The first-order chi connectivity index (χ1) is 10.7. The number of hydrogen-bond acceptors (Lipinski definition) is 5. The molecule has 1 aromatic heterocycles. The van der Waals surface area contributed by atoms with Gasteiger partial charge in [-0.25, -0.2) is 9.59 Å². The van der Waals surface area contributed by atoms with Gasteiger partial charge in [-0.05, 0) is 30.3 Å². The Morgan fingerprint density at radius 3 is 2.50 bits per heavy atom. The smallest absolute Gasteiger partial charge is 0.349 e. The van der Waals surface area contributed by atoms with Crippen LogP contribution < -0.4 is 0 Å². The van der Waals surface area contributed by atoms with E-state index in [1.54, 1.807) is 18.2 Å². The second-order valence-electron chi connectivity index (χ2n) is 4.51. The minimum absolute atomic E-state index is 0.0598. The van der Waals surface area contributed by atoms with E-state index in [1.165, 1.54) is 14.2 Å². The highest BCUT2D eigenvalue weighted by molar-refractivity contribution is 5.92. The predicted octanol–water partition coefficient (Wildman–Crippen LogP) is 1.82. The average Bonchev–Trinajstić information content (AvgIpc) is 3.08. The van der Waals surface area contributed by atoms with Crippen LogP contribution in [-0.4, -0.2) is 43.4 Å². The van der Waals surface area contributed by atoms with Gasteiger partial charge in [-0.15, -0.1) is 0 Å². The molecule has 0 spiro atoms. The molecule has 0 aliphatic carbocycles. The Labute approximate surface area is 128 Å². The van der Waals surface area contributed by atoms with Crippen LogP contribution in [0.2, 0.25) is 0 Å². The highest BCUT2D eigenvalue weighted by atomic mass is 16.6. The van der Waals surface area contributed by atoms with Gasteiger partial charge in [0, 0.05) is 25.2 Å². The molecule has 0 bridgehead atoms. The van der Waals surface area contributed by atoms with Crippen LogP contribution in [0.1, 0.15) is 10.4 Å². The number of carbonyl (C=O) groups is 2. The maximum atomic E-state index is 12.2. The van der Waals surface area contributed by atoms with E-state index in [9.17, 15) is 9.59 Å². The maximum absolute atomic E-state index is 12.2. The molecule has 0 N–H and O–H groups in total. The van der Waals surface area contributed by atoms with E-state index in [0.29, 0.717) is 5.56 Å². The van der Waals surface area contributed by atoms with Crippen molar-refractivity contribution in [2.75, 3.05) is 20.8 Å². The van der Waals surface area contributed by atoms with Gasteiger partial charge < -0.3 is 18.8 Å². The summed E-state index contributed by atoms with van der Waals surface area (Å²) in [5.41, 5.74) is 1.16. The first-order valence-corrected chi connectivity index (χ1v) is 6.67. The second kappa shape index (κ2) is 7.42. The Bertz CT molecular complexity index is 636. The molecule has 0 saturated heterocycles. The van der Waals surface area contributed by atoms with Crippen molar-refractivity contribution in [1.29, 1.82) is 0 Å². The van der Waals surface area contributed by atoms with E-state index in [1.807, 2.05) is 35.2 Å². The fourth-order valence-corrected chi connectivity index (χ4v) is 1.93. The lowest BCUT2D eigenvalue weighted by molar-refractivity contribution is -0.153. The molecule has 6 nitrogen and oxygen atoms in total. The van der Waals surface area contributed by atoms with Crippen LogP contribution in [0.25, 0.3) is 5.69 Å². The van der Waals surface area contributed by atoms with E-state index < -0.39 is 18.0 Å². The fourth-order valence-electron chi connectivity index (χ4n) is 1.93. The Hall–Kier alpha value is -2.60. The fraction of sp³-hybridized carbons (Fsp3) is 0.250. The summed E-state index contributed by atoms with van der Waals surface area (Å²) in [6.45, 7) is -0.0598. The van der Waals surface area contributed by atoms with Crippen LogP contribution in [0.15, 0.2) is 48.8 Å². The summed E-state index contributed by atoms with van der Waals surface area (Å²) in [5, 5.41) is 0. The van der Waals surface area contributed by atoms with Crippen molar-refractivity contribution in [2.24, 2.45) is 0 Å². The van der Waals surface area contributed by atoms with Crippen molar-refractivity contribution in [3.63, 3.8) is 0 Å². The monoisotopic (exact) mass is 303 g/mol. The molecule has 1 atom stereocenters. The van der Waals surface area contributed by atoms with Gasteiger partial charge in [-0.1, -0.05) is 6.07 Å². The summed E-state index contributed by atoms with van der Waals surface area (Å²) < 4.78 is 16.5. The summed E-state index contributed by atoms with van der Waals surface area (Å²) >= 11 is 0. The molecular weight excluding hydrogens is 286 g/mol. The highest BCUT2D eigenvalue weighted by Crippen LogP contribution is 2.13. The van der Waals surface area contributed by atoms with E-state index in [-0.39, 0.29) is 6.61 Å². The van der Waals surface area contributed by atoms with E-state index in [2.05, 4.69) is 4.74 Å². The minimum Gasteiger partial charge on any atom is -0.466 e. The van der Waals surface area contributed by atoms with Gasteiger partial charge in [-0.3, -0.25) is 0 Å². The molecule has 2 aromatic rings. The molecule has 0 fully saturated rings. The summed E-state index contributed by atoms with van der Waals surface area (Å²) in [4.78, 5) is 23.7. The van der Waals surface area contributed by atoms with Gasteiger partial charge in [0.05, 0.1) is 19.3 Å². The molecule has 1 aromatic carbocycles. The highest BCUT2D eigenvalue weighted by Gasteiger charge is 2.24. The number of nitrogens with zero attached hydrogens (tertiary/aromatic N) is 1. The van der Waals surface area contributed by atoms with Crippen molar-refractivity contribution in [3.8, 4) is 5.69 Å². The number of rotatable bonds is 6. The molecule has 0 amide bonds. The van der Waals surface area contributed by atoms with Gasteiger partial charge in [-0.2, -0.15) is 0 Å². The van der Waals surface area contributed by atoms with Crippen LogP contribution in [0.5, 0.6) is 0 Å². The number of aromatic nitrogens is 1. The third-order valence-corrected chi connectivity index (χ3v) is 3.02. The zero-order chi connectivity index (χ0) is 15.9. The normalized spacial score (nSPS) is 11.7. The van der Waals surface area contributed by atoms with Crippen LogP contribution in [0, 0.1) is 0 Å². The summed E-state index contributed by atoms with van der Waals surface area (Å²) in [5.74, 6) is -1.27. The Kier molecular flexibility index (Phi) is 5.32. The molecule has 0 aliphatic heterocycles. The molecular formula is C16H17NO5. The second-order valence-corrected chi connectivity index (χ2v) is 4.51. The number of hydrogen-bond donors (Lipinski definition) is 0. The molecule has 0 saturated carbocycles. The number of ether oxygens (including phenoxy) is 3. The van der Waals surface area contributed by atoms with Crippen LogP contribution in [0.4, 0.5) is 0 Å². The van der Waals surface area contributed by atoms with Crippen LogP contribution >= 0.6 is 0 Å². The van der Waals surface area contributed by atoms with Crippen LogP contribution in [-0.2, 0) is 19.0 Å². The SMILES string of the molecule is COCC(OC(=O)c1cccc(-n2cccc2)c1)C(=O)OC. The molecule has 0 radical (unpaired) electrons. The lowest BCUT2D eigenvalue weighted by Crippen LogP contribution is -2.32. The number of esters is 2. The van der Waals surface area contributed by atoms with Crippen molar-refractivity contribution in [3.05, 3.63) is 54.4 Å². The quantitative estimate of drug-likeness (QED) is 0.762. The van der Waals surface area contributed by atoms with Crippen molar-refractivity contribution < 1.29 is 23.8 Å². The summed E-state index contributed by atoms with van der Waals surface area (Å²) in [6.07, 6.45) is 2.65. The lowest BCUT2D eigenvalue weighted by Gasteiger charge is -2.15. The molecule has 0 aliphatic rings. The zero-order valence-corrected chi connectivity index (χ0v) is 12.4. The van der Waals surface area contributed by atoms with Crippen LogP contribution in [0.3, 0.4) is 0 Å². The molecule has 22 heavy (non-hydrogen) atoms. The molecule has 6 heteroatoms. The van der Waals surface area contributed by atoms with Crippen molar-refractivity contribution in [2.45, 2.75) is 6.10 Å². The Balaban J connectivity index is 2.15. The van der Waals surface area contributed by atoms with E-state index >= 15 is 0 Å². The third kappa shape index (κ3) is 3.73. The van der Waals surface area contributed by atoms with E-state index in [0.717, 1.165) is 5.69 Å². The zero-order valence-electron chi connectivity index (χ0n) is 12.4. The predicted molar refractivity (Wildman–Crippen MR) is 78.9 cm³/mol. The molecule has 1 unspecified atom stereocenters. The van der Waals surface area contributed by atoms with Gasteiger partial charge >= 0.3 is 11.9 Å². The molecule has 2 rings (SSSR count). The number of carbonyl (C=O) groups excluding carboxylic acids is 2. The standard InChI is InChI=1S/C16H17NO5/c1-20-11-14(16(19)21-2)22-15(18)12-6-5-7-13(10-12)17-8-3-4-9-17/h3-10,14H,11H2,1-2H3. The first kappa shape index (κ1) is 15.8.